The number of rotatable bonds is 3. The highest BCUT2D eigenvalue weighted by molar-refractivity contribution is 5.89. The Balaban J connectivity index is 4.29. The monoisotopic (exact) mass is 156 g/mol. The first-order valence-electron chi connectivity index (χ1n) is 3.38. The van der Waals surface area contributed by atoms with Crippen LogP contribution in [0, 0.1) is 0 Å². The van der Waals surface area contributed by atoms with Gasteiger partial charge >= 0.3 is 5.97 Å². The van der Waals surface area contributed by atoms with E-state index in [1.165, 1.54) is 6.92 Å². The molecule has 0 radical (unpaired) electrons. The van der Waals surface area contributed by atoms with Gasteiger partial charge in [0.1, 0.15) is 5.57 Å². The van der Waals surface area contributed by atoms with Gasteiger partial charge in [-0.1, -0.05) is 6.58 Å². The van der Waals surface area contributed by atoms with Gasteiger partial charge in [0.25, 0.3) is 0 Å². The summed E-state index contributed by atoms with van der Waals surface area (Å²) in [5, 5.41) is 8.97. The van der Waals surface area contributed by atoms with Crippen molar-refractivity contribution in [3.05, 3.63) is 17.9 Å². The molecule has 0 amide bonds. The van der Waals surface area contributed by atoms with Crippen LogP contribution in [0.25, 0.3) is 0 Å². The number of hydrogen-bond donors (Lipinski definition) is 1. The molecule has 0 aromatic carbocycles. The van der Waals surface area contributed by atoms with Crippen molar-refractivity contribution in [1.82, 2.24) is 0 Å². The van der Waals surface area contributed by atoms with E-state index < -0.39 is 12.1 Å². The standard InChI is InChI=1S/C8H12O3/c1-4-7(6(3)9)8(10)11-5-2/h6,9H,1,5H2,2-3H3. The Kier molecular flexibility index (Phi) is 4.27. The van der Waals surface area contributed by atoms with Crippen molar-refractivity contribution in [1.29, 1.82) is 0 Å². The van der Waals surface area contributed by atoms with E-state index in [4.69, 9.17) is 5.11 Å². The zero-order valence-corrected chi connectivity index (χ0v) is 6.76. The van der Waals surface area contributed by atoms with Crippen molar-refractivity contribution >= 4 is 5.97 Å². The Morgan fingerprint density at radius 3 is 2.64 bits per heavy atom. The maximum atomic E-state index is 10.9. The molecule has 0 heterocycles. The van der Waals surface area contributed by atoms with Crippen LogP contribution in [-0.2, 0) is 9.53 Å². The average Bonchev–Trinajstić information content (AvgIpc) is 1.88. The summed E-state index contributed by atoms with van der Waals surface area (Å²) in [6, 6.07) is 0. The number of aliphatic hydroxyl groups excluding tert-OH is 1. The van der Waals surface area contributed by atoms with E-state index in [2.05, 4.69) is 17.0 Å². The molecule has 0 aromatic heterocycles. The van der Waals surface area contributed by atoms with Crippen molar-refractivity contribution in [2.45, 2.75) is 20.0 Å². The highest BCUT2D eigenvalue weighted by atomic mass is 16.5. The second-order valence-electron chi connectivity index (χ2n) is 1.99. The first kappa shape index (κ1) is 9.95. The lowest BCUT2D eigenvalue weighted by molar-refractivity contribution is -0.139. The van der Waals surface area contributed by atoms with E-state index in [0.29, 0.717) is 0 Å². The zero-order valence-electron chi connectivity index (χ0n) is 6.76. The second kappa shape index (κ2) is 4.72. The van der Waals surface area contributed by atoms with Gasteiger partial charge in [-0.15, -0.1) is 5.73 Å². The summed E-state index contributed by atoms with van der Waals surface area (Å²) >= 11 is 0. The minimum atomic E-state index is -0.869. The molecule has 0 saturated heterocycles. The fraction of sp³-hybridized carbons (Fsp3) is 0.500. The molecule has 0 aliphatic rings. The lowest BCUT2D eigenvalue weighted by atomic mass is 10.2. The average molecular weight is 156 g/mol. The molecule has 0 saturated carbocycles. The third-order valence-electron chi connectivity index (χ3n) is 1.10. The summed E-state index contributed by atoms with van der Waals surface area (Å²) in [6.07, 6.45) is -0.869. The molecule has 0 aromatic rings. The molecular weight excluding hydrogens is 144 g/mol. The van der Waals surface area contributed by atoms with Crippen molar-refractivity contribution in [2.24, 2.45) is 0 Å². The van der Waals surface area contributed by atoms with Gasteiger partial charge in [-0.25, -0.2) is 4.79 Å². The third-order valence-corrected chi connectivity index (χ3v) is 1.10. The first-order chi connectivity index (χ1) is 5.13. The van der Waals surface area contributed by atoms with E-state index in [1.807, 2.05) is 0 Å². The quantitative estimate of drug-likeness (QED) is 0.370. The molecule has 0 rings (SSSR count). The molecule has 1 unspecified atom stereocenters. The smallest absolute Gasteiger partial charge is 0.344 e. The Morgan fingerprint density at radius 2 is 2.36 bits per heavy atom. The van der Waals surface area contributed by atoms with Crippen molar-refractivity contribution in [3.8, 4) is 0 Å². The van der Waals surface area contributed by atoms with Crippen LogP contribution in [0.5, 0.6) is 0 Å². The lowest BCUT2D eigenvalue weighted by Crippen LogP contribution is -2.16. The predicted octanol–water partition coefficient (Wildman–Crippen LogP) is 0.642. The predicted molar refractivity (Wildman–Crippen MR) is 41.0 cm³/mol. The maximum Gasteiger partial charge on any atom is 0.344 e. The molecule has 0 aliphatic carbocycles. The molecule has 1 atom stereocenters. The normalized spacial score (nSPS) is 11.5. The number of carbonyl (C=O) groups excluding carboxylic acids is 1. The zero-order chi connectivity index (χ0) is 8.85. The van der Waals surface area contributed by atoms with Crippen LogP contribution in [0.2, 0.25) is 0 Å². The second-order valence-corrected chi connectivity index (χ2v) is 1.99. The lowest BCUT2D eigenvalue weighted by Gasteiger charge is -2.05. The summed E-state index contributed by atoms with van der Waals surface area (Å²) in [7, 11) is 0. The Labute approximate surface area is 66.0 Å². The number of ether oxygens (including phenoxy) is 1. The molecule has 3 heteroatoms. The highest BCUT2D eigenvalue weighted by Gasteiger charge is 2.14. The van der Waals surface area contributed by atoms with Gasteiger partial charge in [-0.3, -0.25) is 0 Å². The van der Waals surface area contributed by atoms with Crippen molar-refractivity contribution in [3.63, 3.8) is 0 Å². The Morgan fingerprint density at radius 1 is 1.82 bits per heavy atom. The number of esters is 1. The fourth-order valence-electron chi connectivity index (χ4n) is 0.599. The van der Waals surface area contributed by atoms with Gasteiger partial charge in [0, 0.05) is 0 Å². The SMILES string of the molecule is C=C=C(C(=O)OCC)C(C)O. The summed E-state index contributed by atoms with van der Waals surface area (Å²) in [4.78, 5) is 10.9. The molecule has 0 fully saturated rings. The van der Waals surface area contributed by atoms with Gasteiger partial charge in [-0.05, 0) is 13.8 Å². The molecule has 0 bridgehead atoms. The topological polar surface area (TPSA) is 46.5 Å². The largest absolute Gasteiger partial charge is 0.462 e. The fourth-order valence-corrected chi connectivity index (χ4v) is 0.599. The van der Waals surface area contributed by atoms with Crippen LogP contribution in [0.1, 0.15) is 13.8 Å². The van der Waals surface area contributed by atoms with Crippen LogP contribution in [-0.4, -0.2) is 23.8 Å². The van der Waals surface area contributed by atoms with Gasteiger partial charge in [0.2, 0.25) is 0 Å². The third kappa shape index (κ3) is 3.03. The Hall–Kier alpha value is -1.05. The summed E-state index contributed by atoms with van der Waals surface area (Å²) in [5.74, 6) is -0.558. The minimum Gasteiger partial charge on any atom is -0.462 e. The van der Waals surface area contributed by atoms with E-state index in [-0.39, 0.29) is 12.2 Å². The van der Waals surface area contributed by atoms with E-state index >= 15 is 0 Å². The molecule has 11 heavy (non-hydrogen) atoms. The van der Waals surface area contributed by atoms with Crippen LogP contribution in [0.3, 0.4) is 0 Å². The van der Waals surface area contributed by atoms with Crippen LogP contribution in [0.4, 0.5) is 0 Å². The molecular formula is C8H12O3. The van der Waals surface area contributed by atoms with Crippen LogP contribution in [0.15, 0.2) is 17.9 Å². The van der Waals surface area contributed by atoms with Crippen LogP contribution >= 0.6 is 0 Å². The maximum absolute atomic E-state index is 10.9. The number of carbonyl (C=O) groups is 1. The molecule has 3 nitrogen and oxygen atoms in total. The summed E-state index contributed by atoms with van der Waals surface area (Å²) < 4.78 is 4.62. The highest BCUT2D eigenvalue weighted by Crippen LogP contribution is 2.01. The number of hydrogen-bond acceptors (Lipinski definition) is 3. The van der Waals surface area contributed by atoms with E-state index in [1.54, 1.807) is 6.92 Å². The van der Waals surface area contributed by atoms with Crippen molar-refractivity contribution < 1.29 is 14.6 Å². The molecule has 0 spiro atoms. The van der Waals surface area contributed by atoms with Gasteiger partial charge in [0.05, 0.1) is 12.7 Å². The van der Waals surface area contributed by atoms with Gasteiger partial charge in [-0.2, -0.15) is 0 Å². The van der Waals surface area contributed by atoms with Crippen molar-refractivity contribution in [2.75, 3.05) is 6.61 Å². The van der Waals surface area contributed by atoms with E-state index in [0.717, 1.165) is 0 Å². The Bertz CT molecular complexity index is 188. The number of aliphatic hydroxyl groups is 1. The summed E-state index contributed by atoms with van der Waals surface area (Å²) in [5.41, 5.74) is 2.40. The summed E-state index contributed by atoms with van der Waals surface area (Å²) in [6.45, 7) is 6.71. The van der Waals surface area contributed by atoms with Gasteiger partial charge < -0.3 is 9.84 Å². The minimum absolute atomic E-state index is 0.0758. The van der Waals surface area contributed by atoms with Crippen LogP contribution < -0.4 is 0 Å². The molecule has 1 N–H and O–H groups in total. The van der Waals surface area contributed by atoms with E-state index in [9.17, 15) is 4.79 Å². The molecule has 62 valence electrons. The molecule has 0 aliphatic heterocycles. The van der Waals surface area contributed by atoms with Gasteiger partial charge in [0.15, 0.2) is 0 Å². The first-order valence-corrected chi connectivity index (χ1v) is 3.38.